The first-order chi connectivity index (χ1) is 7.89. The maximum atomic E-state index is 11.5. The van der Waals surface area contributed by atoms with Crippen LogP contribution < -0.4 is 14.8 Å². The third kappa shape index (κ3) is 5.85. The summed E-state index contributed by atoms with van der Waals surface area (Å²) in [6.45, 7) is 4.75. The molecule has 1 heterocycles. The van der Waals surface area contributed by atoms with Gasteiger partial charge in [0.25, 0.3) is 0 Å². The van der Waals surface area contributed by atoms with E-state index in [4.69, 9.17) is 4.74 Å². The Labute approximate surface area is 101 Å². The molecule has 3 N–H and O–H groups in total. The van der Waals surface area contributed by atoms with Crippen molar-refractivity contribution in [2.75, 3.05) is 13.1 Å². The highest BCUT2D eigenvalue weighted by atomic mass is 32.2. The molecule has 17 heavy (non-hydrogen) atoms. The number of hydrogen-bond donors (Lipinski definition) is 3. The van der Waals surface area contributed by atoms with Gasteiger partial charge in [-0.2, -0.15) is 13.1 Å². The maximum absolute atomic E-state index is 11.5. The van der Waals surface area contributed by atoms with Crippen molar-refractivity contribution in [3.63, 3.8) is 0 Å². The first-order valence-electron chi connectivity index (χ1n) is 5.60. The minimum absolute atomic E-state index is 0.187. The van der Waals surface area contributed by atoms with E-state index in [9.17, 15) is 13.2 Å². The fourth-order valence-electron chi connectivity index (χ4n) is 1.55. The van der Waals surface area contributed by atoms with Gasteiger partial charge in [0, 0.05) is 12.6 Å². The van der Waals surface area contributed by atoms with E-state index >= 15 is 0 Å². The molecule has 1 rings (SSSR count). The van der Waals surface area contributed by atoms with E-state index in [2.05, 4.69) is 10.0 Å². The number of ether oxygens (including phenoxy) is 1. The molecular weight excluding hydrogens is 246 g/mol. The maximum Gasteiger partial charge on any atom is 0.422 e. The van der Waals surface area contributed by atoms with Gasteiger partial charge in [-0.25, -0.2) is 9.52 Å². The monoisotopic (exact) mass is 265 g/mol. The molecule has 0 aromatic heterocycles. The zero-order chi connectivity index (χ0) is 12.9. The Morgan fingerprint density at radius 2 is 2.18 bits per heavy atom. The molecule has 0 spiro atoms. The van der Waals surface area contributed by atoms with Crippen molar-refractivity contribution in [3.8, 4) is 0 Å². The lowest BCUT2D eigenvalue weighted by Crippen LogP contribution is -2.50. The molecule has 1 atom stereocenters. The number of carbonyl (C=O) groups excluding carboxylic acids is 1. The highest BCUT2D eigenvalue weighted by Crippen LogP contribution is 2.02. The largest absolute Gasteiger partial charge is 0.446 e. The van der Waals surface area contributed by atoms with Crippen molar-refractivity contribution in [1.82, 2.24) is 14.8 Å². The average molecular weight is 265 g/mol. The van der Waals surface area contributed by atoms with Crippen LogP contribution in [0.2, 0.25) is 0 Å². The second-order valence-electron chi connectivity index (χ2n) is 4.22. The highest BCUT2D eigenvalue weighted by Gasteiger charge is 2.22. The van der Waals surface area contributed by atoms with E-state index in [1.807, 2.05) is 4.72 Å². The Morgan fingerprint density at radius 1 is 1.47 bits per heavy atom. The zero-order valence-electron chi connectivity index (χ0n) is 10.0. The van der Waals surface area contributed by atoms with Gasteiger partial charge in [-0.1, -0.05) is 0 Å². The second kappa shape index (κ2) is 6.18. The smallest absolute Gasteiger partial charge is 0.422 e. The summed E-state index contributed by atoms with van der Waals surface area (Å²) in [5.74, 6) is 0. The van der Waals surface area contributed by atoms with Crippen LogP contribution in [0.1, 0.15) is 26.7 Å². The molecule has 1 saturated heterocycles. The Hall–Kier alpha value is -0.860. The van der Waals surface area contributed by atoms with Crippen molar-refractivity contribution in [3.05, 3.63) is 0 Å². The van der Waals surface area contributed by atoms with Crippen molar-refractivity contribution in [2.24, 2.45) is 0 Å². The Kier molecular flexibility index (Phi) is 5.16. The SMILES string of the molecule is CC(C)OC(=O)NS(=O)(=O)N[C@H]1CCCNC1. The normalized spacial score (nSPS) is 21.2. The summed E-state index contributed by atoms with van der Waals surface area (Å²) in [4.78, 5) is 11.1. The molecule has 1 aliphatic rings. The third-order valence-corrected chi connectivity index (χ3v) is 3.26. The summed E-state index contributed by atoms with van der Waals surface area (Å²) < 4.78 is 32.0. The quantitative estimate of drug-likeness (QED) is 0.649. The molecule has 0 radical (unpaired) electrons. The van der Waals surface area contributed by atoms with Crippen LogP contribution in [-0.2, 0) is 14.9 Å². The van der Waals surface area contributed by atoms with Crippen molar-refractivity contribution in [2.45, 2.75) is 38.8 Å². The summed E-state index contributed by atoms with van der Waals surface area (Å²) in [6.07, 6.45) is 0.342. The summed E-state index contributed by atoms with van der Waals surface area (Å²) in [5, 5.41) is 3.07. The zero-order valence-corrected chi connectivity index (χ0v) is 10.8. The average Bonchev–Trinajstić information content (AvgIpc) is 2.15. The van der Waals surface area contributed by atoms with Crippen molar-refractivity contribution >= 4 is 16.3 Å². The van der Waals surface area contributed by atoms with Gasteiger partial charge < -0.3 is 10.1 Å². The van der Waals surface area contributed by atoms with E-state index in [1.165, 1.54) is 0 Å². The fraction of sp³-hybridized carbons (Fsp3) is 0.889. The van der Waals surface area contributed by atoms with E-state index < -0.39 is 16.3 Å². The van der Waals surface area contributed by atoms with Crippen LogP contribution in [0.5, 0.6) is 0 Å². The minimum Gasteiger partial charge on any atom is -0.446 e. The molecule has 0 aromatic carbocycles. The lowest BCUT2D eigenvalue weighted by atomic mass is 10.1. The predicted octanol–water partition coefficient (Wildman–Crippen LogP) is -0.293. The molecular formula is C9H19N3O4S. The molecule has 100 valence electrons. The van der Waals surface area contributed by atoms with Gasteiger partial charge in [0.1, 0.15) is 0 Å². The van der Waals surface area contributed by atoms with Gasteiger partial charge in [0.2, 0.25) is 0 Å². The molecule has 1 amide bonds. The van der Waals surface area contributed by atoms with Gasteiger partial charge in [-0.05, 0) is 33.2 Å². The summed E-state index contributed by atoms with van der Waals surface area (Å²) in [7, 11) is -3.84. The van der Waals surface area contributed by atoms with Crippen LogP contribution in [0.25, 0.3) is 0 Å². The van der Waals surface area contributed by atoms with Gasteiger partial charge >= 0.3 is 16.3 Å². The van der Waals surface area contributed by atoms with Crippen LogP contribution in [-0.4, -0.2) is 39.7 Å². The van der Waals surface area contributed by atoms with Gasteiger partial charge in [0.05, 0.1) is 6.10 Å². The van der Waals surface area contributed by atoms with E-state index in [0.29, 0.717) is 6.54 Å². The van der Waals surface area contributed by atoms with E-state index in [1.54, 1.807) is 13.8 Å². The molecule has 0 aromatic rings. The van der Waals surface area contributed by atoms with Crippen LogP contribution in [0.15, 0.2) is 0 Å². The predicted molar refractivity (Wildman–Crippen MR) is 62.7 cm³/mol. The highest BCUT2D eigenvalue weighted by molar-refractivity contribution is 7.88. The van der Waals surface area contributed by atoms with Gasteiger partial charge in [0.15, 0.2) is 0 Å². The summed E-state index contributed by atoms with van der Waals surface area (Å²) in [5.41, 5.74) is 0. The van der Waals surface area contributed by atoms with Crippen molar-refractivity contribution < 1.29 is 17.9 Å². The summed E-state index contributed by atoms with van der Waals surface area (Å²) >= 11 is 0. The topological polar surface area (TPSA) is 96.5 Å². The number of piperidine rings is 1. The van der Waals surface area contributed by atoms with Gasteiger partial charge in [-0.3, -0.25) is 0 Å². The first-order valence-corrected chi connectivity index (χ1v) is 7.09. The number of hydrogen-bond acceptors (Lipinski definition) is 5. The lowest BCUT2D eigenvalue weighted by Gasteiger charge is -2.23. The Bertz CT molecular complexity index is 349. The Morgan fingerprint density at radius 3 is 2.71 bits per heavy atom. The van der Waals surface area contributed by atoms with Crippen LogP contribution in [0.4, 0.5) is 4.79 Å². The molecule has 7 nitrogen and oxygen atoms in total. The minimum atomic E-state index is -3.84. The number of amides is 1. The summed E-state index contributed by atoms with van der Waals surface area (Å²) in [6, 6.07) is -0.187. The van der Waals surface area contributed by atoms with Crippen LogP contribution in [0.3, 0.4) is 0 Å². The molecule has 0 bridgehead atoms. The molecule has 8 heteroatoms. The van der Waals surface area contributed by atoms with Crippen molar-refractivity contribution in [1.29, 1.82) is 0 Å². The first kappa shape index (κ1) is 14.2. The molecule has 1 aliphatic heterocycles. The third-order valence-electron chi connectivity index (χ3n) is 2.18. The van der Waals surface area contributed by atoms with E-state index in [-0.39, 0.29) is 12.1 Å². The number of rotatable bonds is 4. The van der Waals surface area contributed by atoms with Gasteiger partial charge in [-0.15, -0.1) is 0 Å². The molecule has 0 unspecified atom stereocenters. The van der Waals surface area contributed by atoms with Crippen LogP contribution in [0, 0.1) is 0 Å². The fourth-order valence-corrected chi connectivity index (χ4v) is 2.52. The standard InChI is InChI=1S/C9H19N3O4S/c1-7(2)16-9(13)12-17(14,15)11-8-4-3-5-10-6-8/h7-8,10-11H,3-6H2,1-2H3,(H,12,13)/t8-/m0/s1. The second-order valence-corrected chi connectivity index (χ2v) is 5.67. The lowest BCUT2D eigenvalue weighted by molar-refractivity contribution is 0.121. The molecule has 0 saturated carbocycles. The van der Waals surface area contributed by atoms with E-state index in [0.717, 1.165) is 19.4 Å². The molecule has 1 fully saturated rings. The molecule has 0 aliphatic carbocycles. The Balaban J connectivity index is 2.42. The number of nitrogens with one attached hydrogen (secondary N) is 3. The number of carbonyl (C=O) groups is 1. The van der Waals surface area contributed by atoms with Crippen LogP contribution >= 0.6 is 0 Å².